The van der Waals surface area contributed by atoms with E-state index < -0.39 is 69.1 Å². The second-order valence-electron chi connectivity index (χ2n) is 11.6. The molecule has 0 radical (unpaired) electrons. The predicted octanol–water partition coefficient (Wildman–Crippen LogP) is 5.47. The molecule has 5 rings (SSSR count). The van der Waals surface area contributed by atoms with E-state index in [2.05, 4.69) is 20.7 Å². The van der Waals surface area contributed by atoms with Gasteiger partial charge in [-0.1, -0.05) is 24.3 Å². The lowest BCUT2D eigenvalue weighted by Gasteiger charge is -2.35. The number of alkyl carbamates (subject to hydrolysis) is 1. The molecule has 4 aromatic carbocycles. The number of carbonyl (C=O) groups excluding carboxylic acids is 2. The number of nitrogens with zero attached hydrogens (tertiary/aromatic N) is 1. The number of ether oxygens (including phenoxy) is 1. The molecule has 1 fully saturated rings. The molecule has 4 aromatic rings. The maximum Gasteiger partial charge on any atom is 0.407 e. The Morgan fingerprint density at radius 2 is 1.48 bits per heavy atom. The summed E-state index contributed by atoms with van der Waals surface area (Å²) in [7, 11) is -2.89. The van der Waals surface area contributed by atoms with Crippen molar-refractivity contribution in [2.24, 2.45) is 0 Å². The van der Waals surface area contributed by atoms with Gasteiger partial charge in [0.05, 0.1) is 12.0 Å². The highest BCUT2D eigenvalue weighted by atomic mass is 32.2. The zero-order valence-electron chi connectivity index (χ0n) is 26.6. The number of hydrogen-bond acceptors (Lipinski definition) is 6. The van der Waals surface area contributed by atoms with Gasteiger partial charge in [-0.2, -0.15) is 4.31 Å². The number of rotatable bonds is 11. The van der Waals surface area contributed by atoms with Crippen molar-refractivity contribution >= 4 is 27.7 Å². The molecule has 0 unspecified atom stereocenters. The number of carbonyl (C=O) groups is 2. The summed E-state index contributed by atoms with van der Waals surface area (Å²) in [6.45, 7) is 0.861. The highest BCUT2D eigenvalue weighted by Crippen LogP contribution is 2.33. The van der Waals surface area contributed by atoms with E-state index in [9.17, 15) is 35.6 Å². The molecule has 1 heterocycles. The van der Waals surface area contributed by atoms with Gasteiger partial charge in [-0.3, -0.25) is 4.79 Å². The van der Waals surface area contributed by atoms with Crippen LogP contribution in [0.1, 0.15) is 29.0 Å². The van der Waals surface area contributed by atoms with Crippen LogP contribution in [0.2, 0.25) is 0 Å². The molecule has 50 heavy (non-hydrogen) atoms. The first-order valence-electron chi connectivity index (χ1n) is 15.5. The van der Waals surface area contributed by atoms with Crippen LogP contribution >= 0.6 is 0 Å². The van der Waals surface area contributed by atoms with Crippen LogP contribution in [-0.4, -0.2) is 63.6 Å². The molecule has 15 heteroatoms. The summed E-state index contributed by atoms with van der Waals surface area (Å²) in [6.07, 6.45) is -1.06. The summed E-state index contributed by atoms with van der Waals surface area (Å²) in [4.78, 5) is 26.6. The molecular weight excluding hydrogens is 683 g/mol. The molecule has 0 saturated carbocycles. The molecule has 9 nitrogen and oxygen atoms in total. The fraction of sp³-hybridized carbons (Fsp3) is 0.257. The maximum atomic E-state index is 15.4. The summed E-state index contributed by atoms with van der Waals surface area (Å²) < 4.78 is 106. The first-order valence-corrected chi connectivity index (χ1v) is 16.9. The van der Waals surface area contributed by atoms with Crippen LogP contribution in [0.5, 0.6) is 0 Å². The molecule has 1 saturated heterocycles. The number of amides is 2. The quantitative estimate of drug-likeness (QED) is 0.177. The van der Waals surface area contributed by atoms with Gasteiger partial charge in [-0.15, -0.1) is 0 Å². The number of anilines is 1. The summed E-state index contributed by atoms with van der Waals surface area (Å²) in [5.41, 5.74) is -0.561. The minimum Gasteiger partial charge on any atom is -0.453 e. The van der Waals surface area contributed by atoms with Crippen molar-refractivity contribution in [3.63, 3.8) is 0 Å². The first kappa shape index (κ1) is 36.4. The number of hydrogen-bond donors (Lipinski definition) is 3. The lowest BCUT2D eigenvalue weighted by molar-refractivity contribution is -0.118. The van der Waals surface area contributed by atoms with Gasteiger partial charge in [-0.25, -0.2) is 35.2 Å². The molecule has 1 aliphatic rings. The van der Waals surface area contributed by atoms with Crippen LogP contribution in [-0.2, 0) is 26.0 Å². The normalized spacial score (nSPS) is 15.8. The summed E-state index contributed by atoms with van der Waals surface area (Å²) in [5.74, 6) is -7.60. The van der Waals surface area contributed by atoms with Gasteiger partial charge < -0.3 is 20.7 Å². The molecule has 0 aromatic heterocycles. The van der Waals surface area contributed by atoms with Crippen molar-refractivity contribution < 1.29 is 44.7 Å². The van der Waals surface area contributed by atoms with Crippen LogP contribution in [0.3, 0.4) is 0 Å². The largest absolute Gasteiger partial charge is 0.453 e. The van der Waals surface area contributed by atoms with E-state index in [1.807, 2.05) is 0 Å². The average molecular weight is 717 g/mol. The molecule has 0 spiro atoms. The number of benzene rings is 4. The van der Waals surface area contributed by atoms with Crippen molar-refractivity contribution in [1.29, 1.82) is 0 Å². The van der Waals surface area contributed by atoms with Crippen LogP contribution in [0.4, 0.5) is 32.4 Å². The SMILES string of the molecule is COC(=O)N[C@H](C(=O)Nc1cccc(F)c1CC[C@H]1CNCCN1S(=O)(=O)c1ccccc1)C(c1cc(F)cc(F)c1)c1cc(F)cc(F)c1. The van der Waals surface area contributed by atoms with E-state index in [4.69, 9.17) is 0 Å². The molecule has 0 aliphatic carbocycles. The monoisotopic (exact) mass is 716 g/mol. The van der Waals surface area contributed by atoms with E-state index in [1.54, 1.807) is 18.2 Å². The fourth-order valence-corrected chi connectivity index (χ4v) is 7.73. The van der Waals surface area contributed by atoms with Gasteiger partial charge in [-0.05, 0) is 72.5 Å². The average Bonchev–Trinajstić information content (AvgIpc) is 3.07. The van der Waals surface area contributed by atoms with Gasteiger partial charge in [0.1, 0.15) is 35.1 Å². The van der Waals surface area contributed by atoms with E-state index in [0.717, 1.165) is 37.4 Å². The highest BCUT2D eigenvalue weighted by molar-refractivity contribution is 7.89. The van der Waals surface area contributed by atoms with Gasteiger partial charge in [0.15, 0.2) is 0 Å². The fourth-order valence-electron chi connectivity index (χ4n) is 6.06. The smallest absolute Gasteiger partial charge is 0.407 e. The molecule has 264 valence electrons. The van der Waals surface area contributed by atoms with Crippen LogP contribution < -0.4 is 16.0 Å². The van der Waals surface area contributed by atoms with E-state index in [-0.39, 0.29) is 53.2 Å². The summed E-state index contributed by atoms with van der Waals surface area (Å²) in [6, 6.07) is 13.8. The minimum atomic E-state index is -3.88. The van der Waals surface area contributed by atoms with Gasteiger partial charge in [0.2, 0.25) is 15.9 Å². The number of methoxy groups -OCH3 is 1. The third-order valence-electron chi connectivity index (χ3n) is 8.31. The summed E-state index contributed by atoms with van der Waals surface area (Å²) in [5, 5.41) is 7.98. The van der Waals surface area contributed by atoms with Crippen molar-refractivity contribution in [3.8, 4) is 0 Å². The third-order valence-corrected chi connectivity index (χ3v) is 10.3. The van der Waals surface area contributed by atoms with E-state index in [0.29, 0.717) is 18.7 Å². The highest BCUT2D eigenvalue weighted by Gasteiger charge is 2.36. The minimum absolute atomic E-state index is 0.00505. The lowest BCUT2D eigenvalue weighted by Crippen LogP contribution is -2.53. The zero-order valence-corrected chi connectivity index (χ0v) is 27.5. The van der Waals surface area contributed by atoms with Crippen molar-refractivity contribution in [1.82, 2.24) is 14.9 Å². The molecule has 3 N–H and O–H groups in total. The van der Waals surface area contributed by atoms with Gasteiger partial charge in [0, 0.05) is 55.0 Å². The molecular formula is C35H33F5N4O5S. The number of nitrogens with one attached hydrogen (secondary N) is 3. The second kappa shape index (κ2) is 15.8. The molecule has 1 aliphatic heterocycles. The van der Waals surface area contributed by atoms with Crippen LogP contribution in [0.15, 0.2) is 89.8 Å². The number of piperazine rings is 1. The van der Waals surface area contributed by atoms with Crippen molar-refractivity contribution in [2.75, 3.05) is 32.1 Å². The van der Waals surface area contributed by atoms with Crippen molar-refractivity contribution in [3.05, 3.63) is 131 Å². The Hall–Kier alpha value is -4.86. The Kier molecular flexibility index (Phi) is 11.5. The second-order valence-corrected chi connectivity index (χ2v) is 13.5. The standard InChI is InChI=1S/C35H33F5N4O5S/c1-49-35(46)43-33(32(21-14-23(36)18-24(37)15-21)22-16-25(38)19-26(39)17-22)34(45)42-31-9-5-8-30(40)29(31)11-10-27-20-41-12-13-44(27)50(47,48)28-6-3-2-4-7-28/h2-9,14-19,27,32-33,41H,10-13,20H2,1H3,(H,42,45)(H,43,46)/t27-,33-/m0/s1. The third kappa shape index (κ3) is 8.46. The number of sulfonamides is 1. The maximum absolute atomic E-state index is 15.4. The molecule has 2 atom stereocenters. The Morgan fingerprint density at radius 3 is 2.06 bits per heavy atom. The van der Waals surface area contributed by atoms with Crippen LogP contribution in [0, 0.1) is 29.1 Å². The van der Waals surface area contributed by atoms with E-state index in [1.165, 1.54) is 28.6 Å². The Morgan fingerprint density at radius 1 is 0.880 bits per heavy atom. The zero-order chi connectivity index (χ0) is 36.0. The van der Waals surface area contributed by atoms with Crippen molar-refractivity contribution in [2.45, 2.75) is 35.7 Å². The Balaban J connectivity index is 1.48. The molecule has 2 amide bonds. The Bertz CT molecular complexity index is 1880. The van der Waals surface area contributed by atoms with Gasteiger partial charge >= 0.3 is 6.09 Å². The lowest BCUT2D eigenvalue weighted by atomic mass is 9.84. The summed E-state index contributed by atoms with van der Waals surface area (Å²) >= 11 is 0. The van der Waals surface area contributed by atoms with Crippen LogP contribution in [0.25, 0.3) is 0 Å². The first-order chi connectivity index (χ1) is 23.9. The number of halogens is 5. The van der Waals surface area contributed by atoms with E-state index >= 15 is 4.39 Å². The predicted molar refractivity (Wildman–Crippen MR) is 174 cm³/mol. The van der Waals surface area contributed by atoms with Gasteiger partial charge in [0.25, 0.3) is 0 Å². The topological polar surface area (TPSA) is 117 Å². The Labute approximate surface area is 285 Å². The molecule has 0 bridgehead atoms.